The van der Waals surface area contributed by atoms with Crippen molar-refractivity contribution in [3.8, 4) is 0 Å². The van der Waals surface area contributed by atoms with Gasteiger partial charge in [0.15, 0.2) is 6.10 Å². The van der Waals surface area contributed by atoms with Gasteiger partial charge in [-0.3, -0.25) is 0 Å². The van der Waals surface area contributed by atoms with Crippen molar-refractivity contribution in [1.29, 1.82) is 0 Å². The average molecular weight is 260 g/mol. The minimum Gasteiger partial charge on any atom is -0.394 e. The molecule has 10 heteroatoms. The molecule has 0 fully saturated rings. The van der Waals surface area contributed by atoms with E-state index in [1.807, 2.05) is 0 Å². The van der Waals surface area contributed by atoms with Crippen LogP contribution < -0.4 is 0 Å². The van der Waals surface area contributed by atoms with Crippen LogP contribution in [0.15, 0.2) is 0 Å². The predicted octanol–water partition coefficient (Wildman–Crippen LogP) is -3.82. The van der Waals surface area contributed by atoms with Crippen LogP contribution in [-0.2, 0) is 9.32 Å². The van der Waals surface area contributed by atoms with Crippen LogP contribution in [0.2, 0.25) is 0 Å². The van der Waals surface area contributed by atoms with E-state index in [1.54, 1.807) is 0 Å². The SMILES string of the molecule is O=C(OP(O)O)[C@H](O)[C@@H](O)[C@H](O)[C@H](O)CO. The van der Waals surface area contributed by atoms with E-state index in [1.165, 1.54) is 0 Å². The van der Waals surface area contributed by atoms with Gasteiger partial charge >= 0.3 is 14.6 Å². The zero-order valence-corrected chi connectivity index (χ0v) is 8.81. The van der Waals surface area contributed by atoms with E-state index in [2.05, 4.69) is 4.52 Å². The standard InChI is InChI=1S/C6H13O9P/c7-1-2(8)3(9)4(10)5(11)6(12)15-16(13)14/h2-5,7-11,13-14H,1H2/t2-,3-,4+,5-/m1/s1. The Balaban J connectivity index is 4.36. The maximum Gasteiger partial charge on any atom is 0.393 e. The van der Waals surface area contributed by atoms with Crippen molar-refractivity contribution in [2.45, 2.75) is 24.4 Å². The maximum atomic E-state index is 10.8. The summed E-state index contributed by atoms with van der Waals surface area (Å²) >= 11 is 0. The molecule has 16 heavy (non-hydrogen) atoms. The molecule has 0 aromatic rings. The number of carbonyl (C=O) groups is 1. The molecular formula is C6H13O9P. The average Bonchev–Trinajstić information content (AvgIpc) is 2.23. The van der Waals surface area contributed by atoms with Crippen LogP contribution >= 0.6 is 8.60 Å². The summed E-state index contributed by atoms with van der Waals surface area (Å²) in [5.41, 5.74) is 0. The minimum atomic E-state index is -3.05. The fourth-order valence-corrected chi connectivity index (χ4v) is 1.07. The van der Waals surface area contributed by atoms with Gasteiger partial charge in [-0.2, -0.15) is 0 Å². The molecule has 0 bridgehead atoms. The summed E-state index contributed by atoms with van der Waals surface area (Å²) < 4.78 is 3.77. The van der Waals surface area contributed by atoms with E-state index in [-0.39, 0.29) is 0 Å². The molecule has 0 aliphatic heterocycles. The normalized spacial score (nSPS) is 19.0. The molecule has 0 heterocycles. The molecule has 0 rings (SSSR count). The number of aliphatic hydroxyl groups is 5. The van der Waals surface area contributed by atoms with Crippen molar-refractivity contribution in [2.24, 2.45) is 0 Å². The van der Waals surface area contributed by atoms with Crippen LogP contribution in [0.5, 0.6) is 0 Å². The van der Waals surface area contributed by atoms with E-state index in [0.29, 0.717) is 0 Å². The first-order chi connectivity index (χ1) is 7.31. The van der Waals surface area contributed by atoms with Crippen LogP contribution in [0, 0.1) is 0 Å². The Kier molecular flexibility index (Phi) is 6.88. The lowest BCUT2D eigenvalue weighted by atomic mass is 10.0. The van der Waals surface area contributed by atoms with Gasteiger partial charge in [-0.25, -0.2) is 4.79 Å². The lowest BCUT2D eigenvalue weighted by molar-refractivity contribution is -0.162. The second-order valence-electron chi connectivity index (χ2n) is 2.84. The molecule has 0 aromatic carbocycles. The van der Waals surface area contributed by atoms with Crippen molar-refractivity contribution >= 4 is 14.6 Å². The Bertz CT molecular complexity index is 222. The summed E-state index contributed by atoms with van der Waals surface area (Å²) in [4.78, 5) is 27.4. The van der Waals surface area contributed by atoms with Crippen LogP contribution in [0.1, 0.15) is 0 Å². The van der Waals surface area contributed by atoms with Crippen LogP contribution in [0.25, 0.3) is 0 Å². The number of carbonyl (C=O) groups excluding carboxylic acids is 1. The van der Waals surface area contributed by atoms with Gasteiger partial charge in [0.2, 0.25) is 0 Å². The summed E-state index contributed by atoms with van der Waals surface area (Å²) in [5.74, 6) is -1.58. The maximum absolute atomic E-state index is 10.8. The van der Waals surface area contributed by atoms with Gasteiger partial charge in [0.25, 0.3) is 0 Å². The summed E-state index contributed by atoms with van der Waals surface area (Å²) in [5, 5.41) is 44.6. The Morgan fingerprint density at radius 2 is 1.62 bits per heavy atom. The molecule has 0 spiro atoms. The third kappa shape index (κ3) is 4.64. The Labute approximate surface area is 91.2 Å². The fourth-order valence-electron chi connectivity index (χ4n) is 0.796. The van der Waals surface area contributed by atoms with Gasteiger partial charge < -0.3 is 39.8 Å². The van der Waals surface area contributed by atoms with E-state index < -0.39 is 45.6 Å². The molecular weight excluding hydrogens is 247 g/mol. The lowest BCUT2D eigenvalue weighted by Gasteiger charge is -2.24. The van der Waals surface area contributed by atoms with E-state index in [0.717, 1.165) is 0 Å². The smallest absolute Gasteiger partial charge is 0.393 e. The minimum absolute atomic E-state index is 0.896. The molecule has 0 aliphatic carbocycles. The van der Waals surface area contributed by atoms with Gasteiger partial charge in [-0.15, -0.1) is 0 Å². The molecule has 0 aromatic heterocycles. The van der Waals surface area contributed by atoms with Gasteiger partial charge in [0.1, 0.15) is 18.3 Å². The van der Waals surface area contributed by atoms with E-state index in [4.69, 9.17) is 35.3 Å². The number of rotatable bonds is 6. The van der Waals surface area contributed by atoms with Crippen molar-refractivity contribution in [1.82, 2.24) is 0 Å². The van der Waals surface area contributed by atoms with Crippen molar-refractivity contribution in [2.75, 3.05) is 6.61 Å². The Hall–Kier alpha value is -0.380. The third-order valence-corrected chi connectivity index (χ3v) is 2.01. The zero-order valence-electron chi connectivity index (χ0n) is 7.91. The summed E-state index contributed by atoms with van der Waals surface area (Å²) in [6, 6.07) is 0. The molecule has 0 saturated carbocycles. The quantitative estimate of drug-likeness (QED) is 0.236. The first-order valence-corrected chi connectivity index (χ1v) is 5.20. The third-order valence-electron chi connectivity index (χ3n) is 1.67. The fraction of sp³-hybridized carbons (Fsp3) is 0.833. The second kappa shape index (κ2) is 7.05. The molecule has 4 atom stereocenters. The zero-order chi connectivity index (χ0) is 12.9. The number of hydrogen-bond acceptors (Lipinski definition) is 9. The first-order valence-electron chi connectivity index (χ1n) is 4.04. The van der Waals surface area contributed by atoms with Crippen molar-refractivity contribution in [3.63, 3.8) is 0 Å². The molecule has 0 unspecified atom stereocenters. The Morgan fingerprint density at radius 3 is 2.00 bits per heavy atom. The van der Waals surface area contributed by atoms with Gasteiger partial charge in [0.05, 0.1) is 6.61 Å². The number of aliphatic hydroxyl groups excluding tert-OH is 5. The second-order valence-corrected chi connectivity index (χ2v) is 3.53. The Morgan fingerprint density at radius 1 is 1.12 bits per heavy atom. The summed E-state index contributed by atoms with van der Waals surface area (Å²) in [6.07, 6.45) is -8.16. The molecule has 0 saturated heterocycles. The molecule has 9 nitrogen and oxygen atoms in total. The summed E-state index contributed by atoms with van der Waals surface area (Å²) in [7, 11) is -3.05. The predicted molar refractivity (Wildman–Crippen MR) is 48.6 cm³/mol. The topological polar surface area (TPSA) is 168 Å². The molecule has 0 amide bonds. The highest BCUT2D eigenvalue weighted by Gasteiger charge is 2.35. The van der Waals surface area contributed by atoms with Crippen molar-refractivity contribution in [3.05, 3.63) is 0 Å². The highest BCUT2D eigenvalue weighted by molar-refractivity contribution is 7.40. The summed E-state index contributed by atoms with van der Waals surface area (Å²) in [6.45, 7) is -0.896. The molecule has 96 valence electrons. The van der Waals surface area contributed by atoms with Gasteiger partial charge in [-0.1, -0.05) is 0 Å². The van der Waals surface area contributed by atoms with Crippen LogP contribution in [0.4, 0.5) is 0 Å². The van der Waals surface area contributed by atoms with Gasteiger partial charge in [0, 0.05) is 0 Å². The molecule has 0 aliphatic rings. The lowest BCUT2D eigenvalue weighted by Crippen LogP contribution is -2.48. The van der Waals surface area contributed by atoms with Crippen LogP contribution in [-0.4, -0.2) is 72.3 Å². The van der Waals surface area contributed by atoms with E-state index >= 15 is 0 Å². The van der Waals surface area contributed by atoms with Crippen molar-refractivity contribution < 1.29 is 44.6 Å². The highest BCUT2D eigenvalue weighted by atomic mass is 31.2. The van der Waals surface area contributed by atoms with Gasteiger partial charge in [-0.05, 0) is 0 Å². The molecule has 0 radical (unpaired) electrons. The van der Waals surface area contributed by atoms with E-state index in [9.17, 15) is 4.79 Å². The monoisotopic (exact) mass is 260 g/mol. The molecule has 7 N–H and O–H groups in total. The first kappa shape index (κ1) is 15.6. The number of hydrogen-bond donors (Lipinski definition) is 7. The highest BCUT2D eigenvalue weighted by Crippen LogP contribution is 2.25. The largest absolute Gasteiger partial charge is 0.394 e. The van der Waals surface area contributed by atoms with Crippen LogP contribution in [0.3, 0.4) is 0 Å².